The average molecular weight is 488 g/mol. The number of ketones is 1. The van der Waals surface area contributed by atoms with Gasteiger partial charge < -0.3 is 10.1 Å². The van der Waals surface area contributed by atoms with Crippen molar-refractivity contribution in [3.8, 4) is 11.8 Å². The minimum atomic E-state index is -0.785. The standard InChI is InChI=1S/C29H33N3O4/c1-5-8-25(22-14-9-20(4)10-15-22)31-28(35)32-26(34)29(6-2,7-3)27(32)36-24-17-12-21(13-18-24)11-16-23(33)19-30/h5,9-10,12-15,17-18,25,27H,1,6-8,11,16H2,2-4H3,(H,31,35)/t25-,27+/m1/s1. The highest BCUT2D eigenvalue weighted by atomic mass is 16.5. The molecule has 0 aliphatic carbocycles. The lowest BCUT2D eigenvalue weighted by Crippen LogP contribution is -2.73. The van der Waals surface area contributed by atoms with E-state index >= 15 is 0 Å². The lowest BCUT2D eigenvalue weighted by atomic mass is 9.72. The number of aryl methyl sites for hydroxylation is 2. The lowest BCUT2D eigenvalue weighted by Gasteiger charge is -2.53. The highest BCUT2D eigenvalue weighted by molar-refractivity contribution is 6.03. The van der Waals surface area contributed by atoms with Gasteiger partial charge in [0.1, 0.15) is 17.2 Å². The van der Waals surface area contributed by atoms with Gasteiger partial charge in [-0.05, 0) is 55.9 Å². The van der Waals surface area contributed by atoms with Gasteiger partial charge in [0.05, 0.1) is 6.04 Å². The van der Waals surface area contributed by atoms with E-state index in [1.807, 2.05) is 57.2 Å². The Labute approximate surface area is 212 Å². The molecule has 2 aromatic rings. The summed E-state index contributed by atoms with van der Waals surface area (Å²) in [6.45, 7) is 9.66. The highest BCUT2D eigenvalue weighted by Crippen LogP contribution is 2.46. The molecular formula is C29H33N3O4. The topological polar surface area (TPSA) is 99.5 Å². The Morgan fingerprint density at radius 3 is 2.36 bits per heavy atom. The number of imide groups is 1. The van der Waals surface area contributed by atoms with Crippen molar-refractivity contribution in [1.82, 2.24) is 10.2 Å². The Kier molecular flexibility index (Phi) is 8.65. The van der Waals surface area contributed by atoms with E-state index < -0.39 is 23.5 Å². The Morgan fingerprint density at radius 2 is 1.81 bits per heavy atom. The SMILES string of the molecule is C=CC[C@@H](NC(=O)N1C(=O)C(CC)(CC)[C@@H]1Oc1ccc(CCC(=O)C#N)cc1)c1ccc(C)cc1. The van der Waals surface area contributed by atoms with Crippen LogP contribution in [0.2, 0.25) is 0 Å². The molecule has 1 saturated heterocycles. The lowest BCUT2D eigenvalue weighted by molar-refractivity contribution is -0.191. The van der Waals surface area contributed by atoms with Crippen molar-refractivity contribution in [3.63, 3.8) is 0 Å². The Morgan fingerprint density at radius 1 is 1.17 bits per heavy atom. The molecule has 1 aliphatic heterocycles. The molecule has 7 nitrogen and oxygen atoms in total. The van der Waals surface area contributed by atoms with E-state index in [1.165, 1.54) is 4.90 Å². The normalized spacial score (nSPS) is 16.9. The van der Waals surface area contributed by atoms with E-state index in [2.05, 4.69) is 11.9 Å². The van der Waals surface area contributed by atoms with E-state index in [9.17, 15) is 14.4 Å². The molecule has 0 aromatic heterocycles. The van der Waals surface area contributed by atoms with Crippen molar-refractivity contribution < 1.29 is 19.1 Å². The second-order valence-electron chi connectivity index (χ2n) is 9.12. The quantitative estimate of drug-likeness (QED) is 0.260. The van der Waals surface area contributed by atoms with Crippen LogP contribution in [0.4, 0.5) is 4.79 Å². The van der Waals surface area contributed by atoms with Gasteiger partial charge >= 0.3 is 6.03 Å². The van der Waals surface area contributed by atoms with E-state index in [0.717, 1.165) is 16.7 Å². The molecule has 2 atom stereocenters. The minimum Gasteiger partial charge on any atom is -0.469 e. The molecule has 0 saturated carbocycles. The van der Waals surface area contributed by atoms with Gasteiger partial charge in [-0.15, -0.1) is 6.58 Å². The number of carbonyl (C=O) groups excluding carboxylic acids is 3. The number of ether oxygens (including phenoxy) is 1. The first-order valence-electron chi connectivity index (χ1n) is 12.3. The van der Waals surface area contributed by atoms with Crippen LogP contribution < -0.4 is 10.1 Å². The fraction of sp³-hybridized carbons (Fsp3) is 0.379. The minimum absolute atomic E-state index is 0.156. The molecule has 2 aromatic carbocycles. The van der Waals surface area contributed by atoms with Crippen LogP contribution in [-0.4, -0.2) is 28.8 Å². The zero-order chi connectivity index (χ0) is 26.3. The zero-order valence-corrected chi connectivity index (χ0v) is 21.1. The summed E-state index contributed by atoms with van der Waals surface area (Å²) in [6.07, 6.45) is 3.21. The maximum atomic E-state index is 13.3. The summed E-state index contributed by atoms with van der Waals surface area (Å²) in [6, 6.07) is 15.8. The number of hydrogen-bond acceptors (Lipinski definition) is 5. The monoisotopic (exact) mass is 487 g/mol. The Bertz CT molecular complexity index is 1140. The second-order valence-corrected chi connectivity index (χ2v) is 9.12. The molecule has 0 spiro atoms. The number of rotatable bonds is 11. The molecule has 7 heteroatoms. The number of nitrogens with zero attached hydrogens (tertiary/aromatic N) is 2. The first-order chi connectivity index (χ1) is 17.3. The van der Waals surface area contributed by atoms with E-state index in [1.54, 1.807) is 24.3 Å². The summed E-state index contributed by atoms with van der Waals surface area (Å²) in [7, 11) is 0. The number of urea groups is 1. The van der Waals surface area contributed by atoms with Crippen LogP contribution in [0.5, 0.6) is 5.75 Å². The third kappa shape index (κ3) is 5.49. The van der Waals surface area contributed by atoms with E-state index in [0.29, 0.717) is 31.4 Å². The third-order valence-electron chi connectivity index (χ3n) is 6.95. The average Bonchev–Trinajstić information content (AvgIpc) is 2.89. The number of β-lactam (4-membered cyclic amide) rings is 1. The summed E-state index contributed by atoms with van der Waals surface area (Å²) in [5, 5.41) is 11.6. The summed E-state index contributed by atoms with van der Waals surface area (Å²) in [5.74, 6) is -0.183. The Balaban J connectivity index is 1.78. The fourth-order valence-corrected chi connectivity index (χ4v) is 4.54. The molecule has 3 amide bonds. The van der Waals surface area contributed by atoms with Gasteiger partial charge in [-0.25, -0.2) is 9.69 Å². The van der Waals surface area contributed by atoms with Crippen molar-refractivity contribution in [3.05, 3.63) is 77.9 Å². The van der Waals surface area contributed by atoms with Crippen LogP contribution in [0.3, 0.4) is 0 Å². The zero-order valence-electron chi connectivity index (χ0n) is 21.1. The predicted octanol–water partition coefficient (Wildman–Crippen LogP) is 5.40. The van der Waals surface area contributed by atoms with E-state index in [4.69, 9.17) is 10.00 Å². The van der Waals surface area contributed by atoms with Gasteiger partial charge in [-0.1, -0.05) is 61.9 Å². The third-order valence-corrected chi connectivity index (χ3v) is 6.95. The van der Waals surface area contributed by atoms with Gasteiger partial charge in [0.25, 0.3) is 0 Å². The number of hydrogen-bond donors (Lipinski definition) is 1. The predicted molar refractivity (Wildman–Crippen MR) is 137 cm³/mol. The van der Waals surface area contributed by atoms with Crippen molar-refractivity contribution >= 4 is 17.7 Å². The number of likely N-dealkylation sites (tertiary alicyclic amines) is 1. The summed E-state index contributed by atoms with van der Waals surface area (Å²) >= 11 is 0. The van der Waals surface area contributed by atoms with Crippen molar-refractivity contribution in [2.24, 2.45) is 5.41 Å². The molecular weight excluding hydrogens is 454 g/mol. The molecule has 1 N–H and O–H groups in total. The molecule has 1 heterocycles. The number of Topliss-reactive ketones (excluding diaryl/α,β-unsaturated/α-hetero) is 1. The second kappa shape index (κ2) is 11.7. The molecule has 0 radical (unpaired) electrons. The molecule has 36 heavy (non-hydrogen) atoms. The fourth-order valence-electron chi connectivity index (χ4n) is 4.54. The van der Waals surface area contributed by atoms with Crippen LogP contribution in [-0.2, 0) is 16.0 Å². The van der Waals surface area contributed by atoms with Crippen LogP contribution in [0, 0.1) is 23.7 Å². The van der Waals surface area contributed by atoms with Crippen molar-refractivity contribution in [2.45, 2.75) is 65.1 Å². The van der Waals surface area contributed by atoms with Gasteiger partial charge in [-0.2, -0.15) is 5.26 Å². The Hall–Kier alpha value is -3.92. The van der Waals surface area contributed by atoms with Gasteiger partial charge in [-0.3, -0.25) is 9.59 Å². The number of nitriles is 1. The summed E-state index contributed by atoms with van der Waals surface area (Å²) < 4.78 is 6.22. The maximum Gasteiger partial charge on any atom is 0.327 e. The smallest absolute Gasteiger partial charge is 0.327 e. The first kappa shape index (κ1) is 26.7. The van der Waals surface area contributed by atoms with Crippen molar-refractivity contribution in [2.75, 3.05) is 0 Å². The van der Waals surface area contributed by atoms with E-state index in [-0.39, 0.29) is 18.4 Å². The molecule has 0 unspecified atom stereocenters. The van der Waals surface area contributed by atoms with Crippen LogP contribution in [0.15, 0.2) is 61.2 Å². The molecule has 3 rings (SSSR count). The number of benzene rings is 2. The van der Waals surface area contributed by atoms with Gasteiger partial charge in [0, 0.05) is 6.42 Å². The number of carbonyl (C=O) groups is 3. The maximum absolute atomic E-state index is 13.3. The molecule has 188 valence electrons. The summed E-state index contributed by atoms with van der Waals surface area (Å²) in [4.78, 5) is 39.0. The van der Waals surface area contributed by atoms with Crippen LogP contribution in [0.1, 0.15) is 62.3 Å². The highest BCUT2D eigenvalue weighted by Gasteiger charge is 2.63. The number of amides is 3. The van der Waals surface area contributed by atoms with Crippen LogP contribution in [0.25, 0.3) is 0 Å². The molecule has 1 aliphatic rings. The first-order valence-corrected chi connectivity index (χ1v) is 12.3. The van der Waals surface area contributed by atoms with Gasteiger partial charge in [0.2, 0.25) is 11.7 Å². The molecule has 1 fully saturated rings. The molecule has 0 bridgehead atoms. The van der Waals surface area contributed by atoms with Crippen molar-refractivity contribution in [1.29, 1.82) is 5.26 Å². The largest absolute Gasteiger partial charge is 0.469 e. The number of nitrogens with one attached hydrogen (secondary N) is 1. The van der Waals surface area contributed by atoms with Gasteiger partial charge in [0.15, 0.2) is 6.23 Å². The summed E-state index contributed by atoms with van der Waals surface area (Å²) in [5.41, 5.74) is 2.16. The van der Waals surface area contributed by atoms with Crippen LogP contribution >= 0.6 is 0 Å².